The molecular weight excluding hydrogens is 292 g/mol. The van der Waals surface area contributed by atoms with Gasteiger partial charge in [-0.05, 0) is 12.1 Å². The number of halogens is 1. The molecule has 1 aromatic rings. The van der Waals surface area contributed by atoms with Gasteiger partial charge in [0.2, 0.25) is 11.8 Å². The summed E-state index contributed by atoms with van der Waals surface area (Å²) in [6, 6.07) is 5.01. The standard InChI is InChI=1S/C15H21ClN2O3/c1-15(2,3)14(20)17-8-7-13(19)18-12-6-5-10(21-4)9-11(12)16/h5-6,9H,7-8H2,1-4H3,(H,17,20)(H,18,19). The van der Waals surface area contributed by atoms with Crippen LogP contribution in [0.25, 0.3) is 0 Å². The van der Waals surface area contributed by atoms with E-state index in [1.807, 2.05) is 20.8 Å². The summed E-state index contributed by atoms with van der Waals surface area (Å²) in [5.74, 6) is 0.324. The molecule has 0 aliphatic carbocycles. The molecule has 0 saturated heterocycles. The fraction of sp³-hybridized carbons (Fsp3) is 0.467. The van der Waals surface area contributed by atoms with Crippen LogP contribution in [0.15, 0.2) is 18.2 Å². The molecule has 0 aliphatic heterocycles. The highest BCUT2D eigenvalue weighted by Gasteiger charge is 2.20. The zero-order valence-corrected chi connectivity index (χ0v) is 13.5. The van der Waals surface area contributed by atoms with Crippen LogP contribution in [0.1, 0.15) is 27.2 Å². The number of amides is 2. The Morgan fingerprint density at radius 1 is 1.29 bits per heavy atom. The Labute approximate surface area is 130 Å². The number of anilines is 1. The van der Waals surface area contributed by atoms with Gasteiger partial charge in [-0.1, -0.05) is 32.4 Å². The molecule has 6 heteroatoms. The summed E-state index contributed by atoms with van der Waals surface area (Å²) in [7, 11) is 1.54. The number of rotatable bonds is 5. The lowest BCUT2D eigenvalue weighted by atomic mass is 9.96. The van der Waals surface area contributed by atoms with Crippen LogP contribution in [-0.2, 0) is 9.59 Å². The van der Waals surface area contributed by atoms with E-state index in [2.05, 4.69) is 10.6 Å². The van der Waals surface area contributed by atoms with Gasteiger partial charge in [0, 0.05) is 24.4 Å². The lowest BCUT2D eigenvalue weighted by Crippen LogP contribution is -2.36. The molecule has 2 N–H and O–H groups in total. The number of hydrogen-bond acceptors (Lipinski definition) is 3. The van der Waals surface area contributed by atoms with Gasteiger partial charge >= 0.3 is 0 Å². The zero-order valence-electron chi connectivity index (χ0n) is 12.7. The van der Waals surface area contributed by atoms with Crippen molar-refractivity contribution in [3.05, 3.63) is 23.2 Å². The molecule has 1 aromatic carbocycles. The Morgan fingerprint density at radius 2 is 1.95 bits per heavy atom. The minimum Gasteiger partial charge on any atom is -0.497 e. The van der Waals surface area contributed by atoms with Crippen LogP contribution in [0.4, 0.5) is 5.69 Å². The van der Waals surface area contributed by atoms with Crippen molar-refractivity contribution >= 4 is 29.1 Å². The largest absolute Gasteiger partial charge is 0.497 e. The first-order valence-corrected chi connectivity index (χ1v) is 7.03. The van der Waals surface area contributed by atoms with E-state index in [1.165, 1.54) is 0 Å². The van der Waals surface area contributed by atoms with Crippen LogP contribution in [0.2, 0.25) is 5.02 Å². The van der Waals surface area contributed by atoms with Gasteiger partial charge in [0.1, 0.15) is 5.75 Å². The molecule has 0 aliphatic rings. The highest BCUT2D eigenvalue weighted by atomic mass is 35.5. The molecule has 116 valence electrons. The van der Waals surface area contributed by atoms with Gasteiger partial charge in [-0.25, -0.2) is 0 Å². The molecule has 1 rings (SSSR count). The van der Waals surface area contributed by atoms with Gasteiger partial charge in [-0.15, -0.1) is 0 Å². The average molecular weight is 313 g/mol. The van der Waals surface area contributed by atoms with E-state index < -0.39 is 5.41 Å². The number of nitrogens with one attached hydrogen (secondary N) is 2. The molecule has 0 fully saturated rings. The van der Waals surface area contributed by atoms with Crippen LogP contribution in [0.5, 0.6) is 5.75 Å². The van der Waals surface area contributed by atoms with E-state index in [9.17, 15) is 9.59 Å². The molecule has 21 heavy (non-hydrogen) atoms. The summed E-state index contributed by atoms with van der Waals surface area (Å²) in [5.41, 5.74) is 0.0556. The average Bonchev–Trinajstić information content (AvgIpc) is 2.39. The summed E-state index contributed by atoms with van der Waals surface area (Å²) in [6.45, 7) is 5.74. The number of hydrogen-bond donors (Lipinski definition) is 2. The van der Waals surface area contributed by atoms with Gasteiger partial charge in [-0.2, -0.15) is 0 Å². The minimum atomic E-state index is -0.463. The second-order valence-electron chi connectivity index (χ2n) is 5.65. The lowest BCUT2D eigenvalue weighted by molar-refractivity contribution is -0.128. The fourth-order valence-corrected chi connectivity index (χ4v) is 1.71. The van der Waals surface area contributed by atoms with Gasteiger partial charge in [0.05, 0.1) is 17.8 Å². The SMILES string of the molecule is COc1ccc(NC(=O)CCNC(=O)C(C)(C)C)c(Cl)c1. The molecule has 0 bridgehead atoms. The van der Waals surface area contributed by atoms with Crippen molar-refractivity contribution < 1.29 is 14.3 Å². The van der Waals surface area contributed by atoms with Crippen LogP contribution < -0.4 is 15.4 Å². The Morgan fingerprint density at radius 3 is 2.48 bits per heavy atom. The number of ether oxygens (including phenoxy) is 1. The van der Waals surface area contributed by atoms with Gasteiger partial charge < -0.3 is 15.4 Å². The first kappa shape index (κ1) is 17.3. The normalized spacial score (nSPS) is 10.9. The fourth-order valence-electron chi connectivity index (χ4n) is 1.49. The molecule has 0 radical (unpaired) electrons. The second kappa shape index (κ2) is 7.31. The molecule has 2 amide bonds. The minimum absolute atomic E-state index is 0.0854. The van der Waals surface area contributed by atoms with E-state index in [-0.39, 0.29) is 24.8 Å². The Hall–Kier alpha value is -1.75. The van der Waals surface area contributed by atoms with E-state index in [4.69, 9.17) is 16.3 Å². The van der Waals surface area contributed by atoms with Crippen LogP contribution >= 0.6 is 11.6 Å². The van der Waals surface area contributed by atoms with E-state index >= 15 is 0 Å². The molecule has 0 heterocycles. The van der Waals surface area contributed by atoms with Crippen molar-refractivity contribution in [2.45, 2.75) is 27.2 Å². The number of methoxy groups -OCH3 is 1. The third-order valence-electron chi connectivity index (χ3n) is 2.77. The molecule has 0 aromatic heterocycles. The van der Waals surface area contributed by atoms with Gasteiger partial charge in [0.25, 0.3) is 0 Å². The predicted octanol–water partition coefficient (Wildman–Crippen LogP) is 2.84. The number of benzene rings is 1. The topological polar surface area (TPSA) is 67.4 Å². The van der Waals surface area contributed by atoms with E-state index in [0.29, 0.717) is 16.5 Å². The summed E-state index contributed by atoms with van der Waals surface area (Å²) in [4.78, 5) is 23.4. The second-order valence-corrected chi connectivity index (χ2v) is 6.06. The smallest absolute Gasteiger partial charge is 0.226 e. The lowest BCUT2D eigenvalue weighted by Gasteiger charge is -2.17. The van der Waals surface area contributed by atoms with Crippen molar-refractivity contribution in [2.75, 3.05) is 19.0 Å². The highest BCUT2D eigenvalue weighted by molar-refractivity contribution is 6.33. The quantitative estimate of drug-likeness (QED) is 0.878. The van der Waals surface area contributed by atoms with Gasteiger partial charge in [0.15, 0.2) is 0 Å². The van der Waals surface area contributed by atoms with Gasteiger partial charge in [-0.3, -0.25) is 9.59 Å². The van der Waals surface area contributed by atoms with Crippen molar-refractivity contribution in [2.24, 2.45) is 5.41 Å². The third kappa shape index (κ3) is 5.63. The maximum Gasteiger partial charge on any atom is 0.226 e. The van der Waals surface area contributed by atoms with Crippen molar-refractivity contribution in [1.29, 1.82) is 0 Å². The van der Waals surface area contributed by atoms with Crippen molar-refractivity contribution in [3.63, 3.8) is 0 Å². The van der Waals surface area contributed by atoms with E-state index in [0.717, 1.165) is 0 Å². The Kier molecular flexibility index (Phi) is 6.03. The third-order valence-corrected chi connectivity index (χ3v) is 3.08. The summed E-state index contributed by atoms with van der Waals surface area (Å²) in [5, 5.41) is 5.82. The van der Waals surface area contributed by atoms with Crippen LogP contribution in [0.3, 0.4) is 0 Å². The zero-order chi connectivity index (χ0) is 16.0. The maximum absolute atomic E-state index is 11.8. The van der Waals surface area contributed by atoms with Crippen molar-refractivity contribution in [3.8, 4) is 5.75 Å². The number of carbonyl (C=O) groups excluding carboxylic acids is 2. The van der Waals surface area contributed by atoms with Crippen LogP contribution in [0, 0.1) is 5.41 Å². The first-order valence-electron chi connectivity index (χ1n) is 6.65. The van der Waals surface area contributed by atoms with Crippen molar-refractivity contribution in [1.82, 2.24) is 5.32 Å². The molecule has 0 unspecified atom stereocenters. The van der Waals surface area contributed by atoms with Crippen LogP contribution in [-0.4, -0.2) is 25.5 Å². The first-order chi connectivity index (χ1) is 9.74. The molecule has 5 nitrogen and oxygen atoms in total. The molecule has 0 atom stereocenters. The number of carbonyl (C=O) groups is 2. The maximum atomic E-state index is 11.8. The van der Waals surface area contributed by atoms with E-state index in [1.54, 1.807) is 25.3 Å². The summed E-state index contributed by atoms with van der Waals surface area (Å²) in [6.07, 6.45) is 0.185. The molecular formula is C15H21ClN2O3. The predicted molar refractivity (Wildman–Crippen MR) is 83.7 cm³/mol. The monoisotopic (exact) mass is 312 g/mol. The summed E-state index contributed by atoms with van der Waals surface area (Å²) < 4.78 is 5.03. The molecule has 0 spiro atoms. The Balaban J connectivity index is 2.46. The Bertz CT molecular complexity index is 524. The summed E-state index contributed by atoms with van der Waals surface area (Å²) >= 11 is 6.03. The highest BCUT2D eigenvalue weighted by Crippen LogP contribution is 2.26. The molecule has 0 saturated carbocycles.